The molecule has 0 amide bonds. The van der Waals surface area contributed by atoms with E-state index in [-0.39, 0.29) is 36.2 Å². The summed E-state index contributed by atoms with van der Waals surface area (Å²) in [6.45, 7) is 5.82. The summed E-state index contributed by atoms with van der Waals surface area (Å²) in [7, 11) is 0. The maximum Gasteiger partial charge on any atom is 0.282 e. The molecule has 2 aromatic carbocycles. The molecule has 3 aromatic rings. The Morgan fingerprint density at radius 2 is 1.72 bits per heavy atom. The summed E-state index contributed by atoms with van der Waals surface area (Å²) < 4.78 is 1.28. The zero-order valence-electron chi connectivity index (χ0n) is 17.0. The number of aryl methyl sites for hydroxylation is 1. The number of para-hydroxylation sites is 1. The molecule has 5 heteroatoms. The first-order chi connectivity index (χ1) is 13.9. The largest absolute Gasteiger partial charge is 0.396 e. The maximum absolute atomic E-state index is 13.1. The van der Waals surface area contributed by atoms with Crippen LogP contribution in [0.1, 0.15) is 36.2 Å². The molecule has 150 valence electrons. The smallest absolute Gasteiger partial charge is 0.282 e. The van der Waals surface area contributed by atoms with Gasteiger partial charge in [0.2, 0.25) is 0 Å². The van der Waals surface area contributed by atoms with Crippen molar-refractivity contribution >= 4 is 5.78 Å². The van der Waals surface area contributed by atoms with Crippen molar-refractivity contribution in [1.82, 2.24) is 9.78 Å². The highest BCUT2D eigenvalue weighted by atomic mass is 16.3. The van der Waals surface area contributed by atoms with E-state index in [1.54, 1.807) is 18.2 Å². The molecule has 1 unspecified atom stereocenters. The highest BCUT2D eigenvalue weighted by Crippen LogP contribution is 2.21. The number of ketones is 1. The predicted octanol–water partition coefficient (Wildman–Crippen LogP) is 4.05. The summed E-state index contributed by atoms with van der Waals surface area (Å²) in [6, 6.07) is 18.4. The van der Waals surface area contributed by atoms with E-state index in [1.165, 1.54) is 4.68 Å². The van der Waals surface area contributed by atoms with Gasteiger partial charge in [0.15, 0.2) is 5.78 Å². The van der Waals surface area contributed by atoms with Gasteiger partial charge in [-0.05, 0) is 37.0 Å². The molecule has 1 N–H and O–H groups in total. The van der Waals surface area contributed by atoms with Gasteiger partial charge >= 0.3 is 0 Å². The molecule has 0 radical (unpaired) electrons. The molecule has 0 saturated heterocycles. The predicted molar refractivity (Wildman–Crippen MR) is 114 cm³/mol. The van der Waals surface area contributed by atoms with E-state index in [4.69, 9.17) is 0 Å². The number of Topliss-reactive ketones (excluding diaryl/α,β-unsaturated/α-hetero) is 1. The maximum atomic E-state index is 13.1. The average Bonchev–Trinajstić information content (AvgIpc) is 2.73. The van der Waals surface area contributed by atoms with Crippen LogP contribution >= 0.6 is 0 Å². The number of hydrogen-bond acceptors (Lipinski definition) is 4. The molecule has 0 saturated carbocycles. The third-order valence-electron chi connectivity index (χ3n) is 5.18. The lowest BCUT2D eigenvalue weighted by Gasteiger charge is -2.17. The van der Waals surface area contributed by atoms with E-state index < -0.39 is 5.56 Å². The van der Waals surface area contributed by atoms with Crippen molar-refractivity contribution in [3.05, 3.63) is 82.1 Å². The normalized spacial score (nSPS) is 12.2. The number of carbonyl (C=O) groups excluding carboxylic acids is 1. The highest BCUT2D eigenvalue weighted by Gasteiger charge is 2.22. The van der Waals surface area contributed by atoms with Crippen LogP contribution in [-0.2, 0) is 0 Å². The minimum Gasteiger partial charge on any atom is -0.396 e. The zero-order chi connectivity index (χ0) is 21.0. The molecule has 3 rings (SSSR count). The van der Waals surface area contributed by atoms with Gasteiger partial charge in [0.1, 0.15) is 0 Å². The molecule has 0 bridgehead atoms. The van der Waals surface area contributed by atoms with E-state index >= 15 is 0 Å². The Kier molecular flexibility index (Phi) is 6.39. The molecule has 0 spiro atoms. The highest BCUT2D eigenvalue weighted by molar-refractivity contribution is 5.96. The van der Waals surface area contributed by atoms with Gasteiger partial charge in [-0.3, -0.25) is 9.59 Å². The second-order valence-electron chi connectivity index (χ2n) is 7.68. The van der Waals surface area contributed by atoms with Crippen molar-refractivity contribution in [1.29, 1.82) is 0 Å². The van der Waals surface area contributed by atoms with E-state index in [9.17, 15) is 14.7 Å². The lowest BCUT2D eigenvalue weighted by Crippen LogP contribution is -2.29. The van der Waals surface area contributed by atoms with Gasteiger partial charge in [0.25, 0.3) is 5.56 Å². The molecular weight excluding hydrogens is 364 g/mol. The molecule has 1 atom stereocenters. The zero-order valence-corrected chi connectivity index (χ0v) is 17.0. The topological polar surface area (TPSA) is 72.2 Å². The third-order valence-corrected chi connectivity index (χ3v) is 5.18. The first-order valence-corrected chi connectivity index (χ1v) is 9.81. The molecule has 1 aromatic heterocycles. The van der Waals surface area contributed by atoms with Gasteiger partial charge in [0.05, 0.1) is 16.9 Å². The first-order valence-electron chi connectivity index (χ1n) is 9.81. The van der Waals surface area contributed by atoms with Crippen LogP contribution in [0.2, 0.25) is 0 Å². The van der Waals surface area contributed by atoms with Gasteiger partial charge in [-0.25, -0.2) is 0 Å². The van der Waals surface area contributed by atoms with Gasteiger partial charge in [-0.2, -0.15) is 9.78 Å². The molecule has 0 aliphatic rings. The lowest BCUT2D eigenvalue weighted by molar-refractivity contribution is 0.0905. The number of benzene rings is 2. The van der Waals surface area contributed by atoms with Gasteiger partial charge < -0.3 is 5.11 Å². The van der Waals surface area contributed by atoms with Gasteiger partial charge in [0, 0.05) is 18.6 Å². The molecule has 5 nitrogen and oxygen atoms in total. The standard InChI is InChI=1S/C24H26N2O3/c1-16(2)19(15-27)13-23(28)21-14-22(18-11-9-17(3)10-12-18)25-26(24(21)29)20-7-5-4-6-8-20/h4-12,14,16,19,27H,13,15H2,1-3H3. The van der Waals surface area contributed by atoms with Crippen LogP contribution in [0.5, 0.6) is 0 Å². The Hall–Kier alpha value is -3.05. The second-order valence-corrected chi connectivity index (χ2v) is 7.68. The molecule has 0 aliphatic heterocycles. The molecule has 0 fully saturated rings. The van der Waals surface area contributed by atoms with E-state index in [0.717, 1.165) is 11.1 Å². The fraction of sp³-hybridized carbons (Fsp3) is 0.292. The summed E-state index contributed by atoms with van der Waals surface area (Å²) in [5.41, 5.74) is 2.75. The summed E-state index contributed by atoms with van der Waals surface area (Å²) in [4.78, 5) is 26.1. The monoisotopic (exact) mass is 390 g/mol. The fourth-order valence-corrected chi connectivity index (χ4v) is 3.16. The summed E-state index contributed by atoms with van der Waals surface area (Å²) in [5, 5.41) is 14.1. The van der Waals surface area contributed by atoms with Crippen molar-refractivity contribution in [3.63, 3.8) is 0 Å². The van der Waals surface area contributed by atoms with Crippen LogP contribution < -0.4 is 5.56 Å². The lowest BCUT2D eigenvalue weighted by atomic mass is 9.90. The first kappa shape index (κ1) is 20.7. The quantitative estimate of drug-likeness (QED) is 0.618. The summed E-state index contributed by atoms with van der Waals surface area (Å²) in [5.74, 6) is -0.329. The van der Waals surface area contributed by atoms with E-state index in [1.807, 2.05) is 63.2 Å². The van der Waals surface area contributed by atoms with Crippen LogP contribution in [-0.4, -0.2) is 27.3 Å². The molecule has 29 heavy (non-hydrogen) atoms. The van der Waals surface area contributed by atoms with Crippen molar-refractivity contribution < 1.29 is 9.90 Å². The number of rotatable bonds is 7. The van der Waals surface area contributed by atoms with E-state index in [0.29, 0.717) is 11.4 Å². The average molecular weight is 390 g/mol. The minimum atomic E-state index is -0.447. The van der Waals surface area contributed by atoms with Crippen molar-refractivity contribution in [2.45, 2.75) is 27.2 Å². The summed E-state index contributed by atoms with van der Waals surface area (Å²) in [6.07, 6.45) is 0.121. The van der Waals surface area contributed by atoms with Crippen LogP contribution in [0.25, 0.3) is 16.9 Å². The Labute approximate surface area is 170 Å². The number of aliphatic hydroxyl groups is 1. The fourth-order valence-electron chi connectivity index (χ4n) is 3.16. The number of hydrogen-bond donors (Lipinski definition) is 1. The molecular formula is C24H26N2O3. The van der Waals surface area contributed by atoms with Crippen LogP contribution in [0.3, 0.4) is 0 Å². The van der Waals surface area contributed by atoms with Gasteiger partial charge in [-0.1, -0.05) is 61.9 Å². The van der Waals surface area contributed by atoms with Crippen molar-refractivity contribution in [2.75, 3.05) is 6.61 Å². The SMILES string of the molecule is Cc1ccc(-c2cc(C(=O)CC(CO)C(C)C)c(=O)n(-c3ccccc3)n2)cc1. The van der Waals surface area contributed by atoms with Crippen LogP contribution in [0.4, 0.5) is 0 Å². The van der Waals surface area contributed by atoms with Crippen molar-refractivity contribution in [3.8, 4) is 16.9 Å². The number of aromatic nitrogens is 2. The van der Waals surface area contributed by atoms with Crippen LogP contribution in [0.15, 0.2) is 65.5 Å². The molecule has 1 heterocycles. The second kappa shape index (κ2) is 8.97. The number of carbonyl (C=O) groups is 1. The van der Waals surface area contributed by atoms with Crippen LogP contribution in [0, 0.1) is 18.8 Å². The Morgan fingerprint density at radius 1 is 1.07 bits per heavy atom. The Balaban J connectivity index is 2.14. The Bertz CT molecular complexity index is 1040. The number of aliphatic hydroxyl groups excluding tert-OH is 1. The van der Waals surface area contributed by atoms with Crippen molar-refractivity contribution in [2.24, 2.45) is 11.8 Å². The minimum absolute atomic E-state index is 0.0911. The van der Waals surface area contributed by atoms with E-state index in [2.05, 4.69) is 5.10 Å². The summed E-state index contributed by atoms with van der Waals surface area (Å²) >= 11 is 0. The molecule has 0 aliphatic carbocycles. The number of nitrogens with zero attached hydrogens (tertiary/aromatic N) is 2. The third kappa shape index (κ3) is 4.69. The van der Waals surface area contributed by atoms with Gasteiger partial charge in [-0.15, -0.1) is 0 Å². The Morgan fingerprint density at radius 3 is 2.31 bits per heavy atom.